The molecule has 0 bridgehead atoms. The number of nitrogens with one attached hydrogen (secondary N) is 3. The molecule has 1 aromatic carbocycles. The molecule has 2 rings (SSSR count). The number of piperidine rings is 1. The van der Waals surface area contributed by atoms with Gasteiger partial charge in [0.05, 0.1) is 6.54 Å². The highest BCUT2D eigenvalue weighted by molar-refractivity contribution is 5.79. The van der Waals surface area contributed by atoms with Crippen LogP contribution in [0.25, 0.3) is 0 Å². The van der Waals surface area contributed by atoms with Gasteiger partial charge in [0.15, 0.2) is 0 Å². The number of amidine groups is 1. The summed E-state index contributed by atoms with van der Waals surface area (Å²) < 4.78 is 0. The van der Waals surface area contributed by atoms with E-state index in [1.807, 2.05) is 30.3 Å². The molecule has 1 saturated heterocycles. The standard InChI is InChI=1S/C15H23N5O/c16-14(17)11-20-8-6-13(7-9-20)19-15(21)18-10-12-4-2-1-3-5-12/h1-5,13H,6-11H2,(H3,16,17)(H2,18,19,21). The van der Waals surface area contributed by atoms with Crippen LogP contribution >= 0.6 is 0 Å². The average molecular weight is 289 g/mol. The Bertz CT molecular complexity index is 468. The van der Waals surface area contributed by atoms with E-state index in [0.717, 1.165) is 31.5 Å². The summed E-state index contributed by atoms with van der Waals surface area (Å²) in [6.45, 7) is 2.79. The lowest BCUT2D eigenvalue weighted by Crippen LogP contribution is -2.49. The topological polar surface area (TPSA) is 94.2 Å². The zero-order chi connectivity index (χ0) is 15.1. The Hall–Kier alpha value is -2.08. The van der Waals surface area contributed by atoms with Crippen molar-refractivity contribution in [3.63, 3.8) is 0 Å². The fourth-order valence-corrected chi connectivity index (χ4v) is 2.49. The van der Waals surface area contributed by atoms with Crippen molar-refractivity contribution < 1.29 is 4.79 Å². The molecule has 0 aliphatic carbocycles. The predicted octanol–water partition coefficient (Wildman–Crippen LogP) is 0.886. The van der Waals surface area contributed by atoms with Gasteiger partial charge in [-0.05, 0) is 18.4 Å². The van der Waals surface area contributed by atoms with Crippen LogP contribution in [-0.2, 0) is 6.54 Å². The summed E-state index contributed by atoms with van der Waals surface area (Å²) in [7, 11) is 0. The van der Waals surface area contributed by atoms with Crippen LogP contribution in [0, 0.1) is 5.41 Å². The SMILES string of the molecule is N=C(N)CN1CCC(NC(=O)NCc2ccccc2)CC1. The number of urea groups is 1. The highest BCUT2D eigenvalue weighted by Gasteiger charge is 2.20. The first kappa shape index (κ1) is 15.3. The lowest BCUT2D eigenvalue weighted by atomic mass is 10.1. The van der Waals surface area contributed by atoms with Gasteiger partial charge in [-0.25, -0.2) is 4.79 Å². The molecule has 1 aromatic rings. The van der Waals surface area contributed by atoms with Crippen LogP contribution in [0.3, 0.4) is 0 Å². The lowest BCUT2D eigenvalue weighted by Gasteiger charge is -2.31. The van der Waals surface area contributed by atoms with E-state index >= 15 is 0 Å². The molecule has 6 nitrogen and oxygen atoms in total. The Morgan fingerprint density at radius 1 is 1.29 bits per heavy atom. The van der Waals surface area contributed by atoms with Crippen molar-refractivity contribution in [3.05, 3.63) is 35.9 Å². The molecule has 1 aliphatic rings. The van der Waals surface area contributed by atoms with Crippen molar-refractivity contribution in [1.82, 2.24) is 15.5 Å². The van der Waals surface area contributed by atoms with Gasteiger partial charge in [-0.2, -0.15) is 0 Å². The van der Waals surface area contributed by atoms with Crippen LogP contribution in [0.4, 0.5) is 4.79 Å². The van der Waals surface area contributed by atoms with Crippen LogP contribution in [0.15, 0.2) is 30.3 Å². The van der Waals surface area contributed by atoms with Crippen molar-refractivity contribution in [2.45, 2.75) is 25.4 Å². The summed E-state index contributed by atoms with van der Waals surface area (Å²) in [5.74, 6) is 0.196. The summed E-state index contributed by atoms with van der Waals surface area (Å²) in [5, 5.41) is 13.2. The Morgan fingerprint density at radius 3 is 2.57 bits per heavy atom. The third-order valence-corrected chi connectivity index (χ3v) is 3.61. The Morgan fingerprint density at radius 2 is 1.95 bits per heavy atom. The van der Waals surface area contributed by atoms with Gasteiger partial charge in [-0.1, -0.05) is 30.3 Å². The minimum absolute atomic E-state index is 0.121. The van der Waals surface area contributed by atoms with E-state index in [9.17, 15) is 4.79 Å². The Balaban J connectivity index is 1.66. The van der Waals surface area contributed by atoms with Gasteiger partial charge < -0.3 is 16.4 Å². The zero-order valence-corrected chi connectivity index (χ0v) is 12.1. The van der Waals surface area contributed by atoms with Crippen LogP contribution < -0.4 is 16.4 Å². The molecular weight excluding hydrogens is 266 g/mol. The van der Waals surface area contributed by atoms with Gasteiger partial charge in [0.25, 0.3) is 0 Å². The van der Waals surface area contributed by atoms with E-state index < -0.39 is 0 Å². The first-order valence-corrected chi connectivity index (χ1v) is 7.27. The molecule has 1 heterocycles. The third-order valence-electron chi connectivity index (χ3n) is 3.61. The van der Waals surface area contributed by atoms with E-state index in [0.29, 0.717) is 13.1 Å². The molecule has 1 fully saturated rings. The van der Waals surface area contributed by atoms with E-state index in [2.05, 4.69) is 15.5 Å². The quantitative estimate of drug-likeness (QED) is 0.479. The largest absolute Gasteiger partial charge is 0.387 e. The van der Waals surface area contributed by atoms with Crippen LogP contribution in [0.5, 0.6) is 0 Å². The molecule has 0 radical (unpaired) electrons. The van der Waals surface area contributed by atoms with E-state index in [1.165, 1.54) is 0 Å². The second kappa shape index (κ2) is 7.64. The van der Waals surface area contributed by atoms with Crippen molar-refractivity contribution in [2.75, 3.05) is 19.6 Å². The van der Waals surface area contributed by atoms with E-state index in [1.54, 1.807) is 0 Å². The fourth-order valence-electron chi connectivity index (χ4n) is 2.49. The zero-order valence-electron chi connectivity index (χ0n) is 12.1. The number of nitrogens with zero attached hydrogens (tertiary/aromatic N) is 1. The van der Waals surface area contributed by atoms with Gasteiger partial charge >= 0.3 is 6.03 Å². The minimum Gasteiger partial charge on any atom is -0.387 e. The number of nitrogens with two attached hydrogens (primary N) is 1. The summed E-state index contributed by atoms with van der Waals surface area (Å²) in [6, 6.07) is 9.92. The maximum atomic E-state index is 11.9. The monoisotopic (exact) mass is 289 g/mol. The van der Waals surface area contributed by atoms with Gasteiger partial charge in [0.2, 0.25) is 0 Å². The number of hydrogen-bond acceptors (Lipinski definition) is 3. The summed E-state index contributed by atoms with van der Waals surface area (Å²) in [5.41, 5.74) is 6.48. The second-order valence-electron chi connectivity index (χ2n) is 5.39. The second-order valence-corrected chi connectivity index (χ2v) is 5.39. The number of carbonyl (C=O) groups excluding carboxylic acids is 1. The number of likely N-dealkylation sites (tertiary alicyclic amines) is 1. The molecule has 5 N–H and O–H groups in total. The van der Waals surface area contributed by atoms with E-state index in [-0.39, 0.29) is 17.9 Å². The van der Waals surface area contributed by atoms with Crippen LogP contribution in [0.2, 0.25) is 0 Å². The fraction of sp³-hybridized carbons (Fsp3) is 0.467. The van der Waals surface area contributed by atoms with Gasteiger partial charge in [0.1, 0.15) is 5.84 Å². The normalized spacial score (nSPS) is 16.4. The highest BCUT2D eigenvalue weighted by atomic mass is 16.2. The van der Waals surface area contributed by atoms with Crippen LogP contribution in [0.1, 0.15) is 18.4 Å². The van der Waals surface area contributed by atoms with Gasteiger partial charge in [0, 0.05) is 25.7 Å². The molecule has 6 heteroatoms. The Kier molecular flexibility index (Phi) is 5.57. The highest BCUT2D eigenvalue weighted by Crippen LogP contribution is 2.09. The summed E-state index contributed by atoms with van der Waals surface area (Å²) in [6.07, 6.45) is 1.79. The third kappa shape index (κ3) is 5.43. The molecule has 0 saturated carbocycles. The molecule has 114 valence electrons. The summed E-state index contributed by atoms with van der Waals surface area (Å²) >= 11 is 0. The molecular formula is C15H23N5O. The maximum Gasteiger partial charge on any atom is 0.315 e. The molecule has 0 atom stereocenters. The van der Waals surface area contributed by atoms with E-state index in [4.69, 9.17) is 11.1 Å². The van der Waals surface area contributed by atoms with Crippen LogP contribution in [-0.4, -0.2) is 42.4 Å². The molecule has 0 unspecified atom stereocenters. The van der Waals surface area contributed by atoms with Gasteiger partial charge in [-0.15, -0.1) is 0 Å². The molecule has 1 aliphatic heterocycles. The van der Waals surface area contributed by atoms with Crippen molar-refractivity contribution in [3.8, 4) is 0 Å². The lowest BCUT2D eigenvalue weighted by molar-refractivity contribution is 0.206. The minimum atomic E-state index is -0.121. The Labute approximate surface area is 125 Å². The van der Waals surface area contributed by atoms with Gasteiger partial charge in [-0.3, -0.25) is 10.3 Å². The summed E-state index contributed by atoms with van der Waals surface area (Å²) in [4.78, 5) is 14.0. The maximum absolute atomic E-state index is 11.9. The first-order valence-electron chi connectivity index (χ1n) is 7.27. The smallest absolute Gasteiger partial charge is 0.315 e. The predicted molar refractivity (Wildman–Crippen MR) is 83.2 cm³/mol. The number of rotatable bonds is 5. The van der Waals surface area contributed by atoms with Crippen molar-refractivity contribution in [1.29, 1.82) is 5.41 Å². The molecule has 21 heavy (non-hydrogen) atoms. The number of amides is 2. The van der Waals surface area contributed by atoms with Crippen molar-refractivity contribution in [2.24, 2.45) is 5.73 Å². The molecule has 0 spiro atoms. The molecule has 0 aromatic heterocycles. The number of hydrogen-bond donors (Lipinski definition) is 4. The van der Waals surface area contributed by atoms with Crippen molar-refractivity contribution >= 4 is 11.9 Å². The number of benzene rings is 1. The first-order chi connectivity index (χ1) is 10.1. The molecule has 2 amide bonds. The average Bonchev–Trinajstić information content (AvgIpc) is 2.48. The number of carbonyl (C=O) groups is 1.